The van der Waals surface area contributed by atoms with E-state index < -0.39 is 0 Å². The number of unbranched alkanes of at least 4 members (excludes halogenated alkanes) is 2. The average molecular weight is 461 g/mol. The predicted molar refractivity (Wildman–Crippen MR) is 132 cm³/mol. The van der Waals surface area contributed by atoms with E-state index in [0.717, 1.165) is 53.0 Å². The van der Waals surface area contributed by atoms with Gasteiger partial charge >= 0.3 is 6.03 Å². The Labute approximate surface area is 200 Å². The van der Waals surface area contributed by atoms with E-state index in [1.165, 1.54) is 0 Å². The second-order valence-electron chi connectivity index (χ2n) is 8.53. The summed E-state index contributed by atoms with van der Waals surface area (Å²) in [5.41, 5.74) is 4.63. The summed E-state index contributed by atoms with van der Waals surface area (Å²) in [6.45, 7) is 9.37. The number of allylic oxidation sites excluding steroid dienone is 1. The molecule has 0 radical (unpaired) electrons. The number of aryl methyl sites for hydroxylation is 1. The highest BCUT2D eigenvalue weighted by atomic mass is 16.5. The van der Waals surface area contributed by atoms with Gasteiger partial charge < -0.3 is 14.6 Å². The van der Waals surface area contributed by atoms with E-state index in [1.807, 2.05) is 69.3 Å². The molecule has 2 heterocycles. The summed E-state index contributed by atoms with van der Waals surface area (Å²) < 4.78 is 11.3. The lowest BCUT2D eigenvalue weighted by Gasteiger charge is -2.35. The number of nitrogens with one attached hydrogen (secondary N) is 1. The minimum absolute atomic E-state index is 0.103. The zero-order valence-corrected chi connectivity index (χ0v) is 20.3. The Hall–Kier alpha value is -3.61. The van der Waals surface area contributed by atoms with Gasteiger partial charge in [0.15, 0.2) is 0 Å². The molecule has 0 bridgehead atoms. The standard InChI is InChI=1S/C27H32N4O3/c1-5-7-8-17-31-19(4)23(24(28-27(31)32)20-11-9-18(3)10-12-20)26-29-25(30-34-26)21-13-15-22(16-14-21)33-6-2/h9-16,24H,5-8,17H2,1-4H3,(H,28,32). The number of carbonyl (C=O) groups is 1. The molecule has 1 aliphatic heterocycles. The Morgan fingerprint density at radius 3 is 2.44 bits per heavy atom. The van der Waals surface area contributed by atoms with Crippen LogP contribution in [-0.4, -0.2) is 34.2 Å². The lowest BCUT2D eigenvalue weighted by atomic mass is 9.94. The maximum atomic E-state index is 13.0. The SMILES string of the molecule is CCCCCN1C(=O)NC(c2ccc(C)cc2)C(c2nc(-c3ccc(OCC)cc3)no2)=C1C. The van der Waals surface area contributed by atoms with Gasteiger partial charge in [-0.1, -0.05) is 54.8 Å². The van der Waals surface area contributed by atoms with Crippen molar-refractivity contribution >= 4 is 11.6 Å². The largest absolute Gasteiger partial charge is 0.494 e. The molecule has 3 aromatic rings. The number of ether oxygens (including phenoxy) is 1. The lowest BCUT2D eigenvalue weighted by molar-refractivity contribution is 0.204. The van der Waals surface area contributed by atoms with E-state index in [0.29, 0.717) is 24.9 Å². The zero-order valence-electron chi connectivity index (χ0n) is 20.3. The third kappa shape index (κ3) is 4.98. The first kappa shape index (κ1) is 23.5. The number of hydrogen-bond acceptors (Lipinski definition) is 5. The highest BCUT2D eigenvalue weighted by molar-refractivity contribution is 5.86. The van der Waals surface area contributed by atoms with Gasteiger partial charge in [0.25, 0.3) is 5.89 Å². The second-order valence-corrected chi connectivity index (χ2v) is 8.53. The van der Waals surface area contributed by atoms with Crippen LogP contribution in [-0.2, 0) is 0 Å². The first-order valence-electron chi connectivity index (χ1n) is 11.9. The molecule has 0 saturated carbocycles. The molecule has 2 amide bonds. The first-order chi connectivity index (χ1) is 16.5. The molecule has 1 aliphatic rings. The van der Waals surface area contributed by atoms with Crippen LogP contribution in [0.2, 0.25) is 0 Å². The van der Waals surface area contributed by atoms with Crippen molar-refractivity contribution in [3.05, 3.63) is 71.2 Å². The van der Waals surface area contributed by atoms with Gasteiger partial charge in [0.2, 0.25) is 5.82 Å². The van der Waals surface area contributed by atoms with Crippen molar-refractivity contribution < 1.29 is 14.1 Å². The van der Waals surface area contributed by atoms with Crippen molar-refractivity contribution in [3.63, 3.8) is 0 Å². The predicted octanol–water partition coefficient (Wildman–Crippen LogP) is 6.13. The van der Waals surface area contributed by atoms with Crippen LogP contribution in [0.15, 0.2) is 58.8 Å². The van der Waals surface area contributed by atoms with Crippen LogP contribution in [0.3, 0.4) is 0 Å². The Kier molecular flexibility index (Phi) is 7.30. The van der Waals surface area contributed by atoms with Crippen molar-refractivity contribution in [1.82, 2.24) is 20.4 Å². The van der Waals surface area contributed by atoms with E-state index in [9.17, 15) is 4.79 Å². The van der Waals surface area contributed by atoms with E-state index >= 15 is 0 Å². The minimum Gasteiger partial charge on any atom is -0.494 e. The van der Waals surface area contributed by atoms with Gasteiger partial charge in [-0.05, 0) is 57.0 Å². The highest BCUT2D eigenvalue weighted by Crippen LogP contribution is 2.37. The third-order valence-corrected chi connectivity index (χ3v) is 6.07. The molecule has 1 aromatic heterocycles. The molecule has 0 spiro atoms. The van der Waals surface area contributed by atoms with Gasteiger partial charge in [0.1, 0.15) is 5.75 Å². The number of hydrogen-bond donors (Lipinski definition) is 1. The van der Waals surface area contributed by atoms with Crippen LogP contribution in [0.25, 0.3) is 17.0 Å². The summed E-state index contributed by atoms with van der Waals surface area (Å²) in [7, 11) is 0. The smallest absolute Gasteiger partial charge is 0.322 e. The van der Waals surface area contributed by atoms with Crippen LogP contribution in [0.5, 0.6) is 5.75 Å². The number of nitrogens with zero attached hydrogens (tertiary/aromatic N) is 3. The fourth-order valence-corrected chi connectivity index (χ4v) is 4.17. The van der Waals surface area contributed by atoms with Crippen LogP contribution < -0.4 is 10.1 Å². The molecule has 2 aromatic carbocycles. The van der Waals surface area contributed by atoms with Crippen molar-refractivity contribution in [2.75, 3.05) is 13.2 Å². The van der Waals surface area contributed by atoms with Gasteiger partial charge in [0.05, 0.1) is 18.2 Å². The van der Waals surface area contributed by atoms with Crippen molar-refractivity contribution in [1.29, 1.82) is 0 Å². The normalized spacial score (nSPS) is 16.1. The van der Waals surface area contributed by atoms with Gasteiger partial charge in [0, 0.05) is 17.8 Å². The van der Waals surface area contributed by atoms with E-state index in [4.69, 9.17) is 14.2 Å². The average Bonchev–Trinajstić information content (AvgIpc) is 3.32. The molecule has 178 valence electrons. The van der Waals surface area contributed by atoms with Crippen LogP contribution >= 0.6 is 0 Å². The van der Waals surface area contributed by atoms with E-state index in [-0.39, 0.29) is 12.1 Å². The Bertz CT molecular complexity index is 1150. The Balaban J connectivity index is 1.72. The van der Waals surface area contributed by atoms with Crippen LogP contribution in [0.1, 0.15) is 63.1 Å². The van der Waals surface area contributed by atoms with Gasteiger partial charge in [-0.3, -0.25) is 4.90 Å². The maximum Gasteiger partial charge on any atom is 0.322 e. The number of aromatic nitrogens is 2. The molecule has 34 heavy (non-hydrogen) atoms. The summed E-state index contributed by atoms with van der Waals surface area (Å²) in [5.74, 6) is 1.70. The molecular weight excluding hydrogens is 428 g/mol. The van der Waals surface area contributed by atoms with Crippen molar-refractivity contribution in [2.45, 2.75) is 53.0 Å². The quantitative estimate of drug-likeness (QED) is 0.389. The molecular formula is C27H32N4O3. The molecule has 7 nitrogen and oxygen atoms in total. The third-order valence-electron chi connectivity index (χ3n) is 6.07. The lowest BCUT2D eigenvalue weighted by Crippen LogP contribution is -2.46. The Morgan fingerprint density at radius 2 is 1.76 bits per heavy atom. The van der Waals surface area contributed by atoms with Crippen LogP contribution in [0, 0.1) is 6.92 Å². The summed E-state index contributed by atoms with van der Waals surface area (Å²) >= 11 is 0. The zero-order chi connectivity index (χ0) is 24.1. The topological polar surface area (TPSA) is 80.5 Å². The number of amides is 2. The molecule has 1 atom stereocenters. The molecule has 4 rings (SSSR count). The second kappa shape index (κ2) is 10.5. The monoisotopic (exact) mass is 460 g/mol. The van der Waals surface area contributed by atoms with Gasteiger partial charge in [-0.25, -0.2) is 4.79 Å². The molecule has 1 unspecified atom stereocenters. The molecule has 0 fully saturated rings. The van der Waals surface area contributed by atoms with Gasteiger partial charge in [-0.2, -0.15) is 4.98 Å². The minimum atomic E-state index is -0.371. The molecule has 7 heteroatoms. The maximum absolute atomic E-state index is 13.0. The fourth-order valence-electron chi connectivity index (χ4n) is 4.17. The summed E-state index contributed by atoms with van der Waals surface area (Å²) in [6, 6.07) is 15.3. The van der Waals surface area contributed by atoms with Gasteiger partial charge in [-0.15, -0.1) is 0 Å². The highest BCUT2D eigenvalue weighted by Gasteiger charge is 2.35. The van der Waals surface area contributed by atoms with Crippen LogP contribution in [0.4, 0.5) is 4.79 Å². The van der Waals surface area contributed by atoms with Crippen molar-refractivity contribution in [2.24, 2.45) is 0 Å². The molecule has 0 aliphatic carbocycles. The Morgan fingerprint density at radius 1 is 1.03 bits per heavy atom. The van der Waals surface area contributed by atoms with Crippen molar-refractivity contribution in [3.8, 4) is 17.1 Å². The fraction of sp³-hybridized carbons (Fsp3) is 0.370. The molecule has 1 N–H and O–H groups in total. The van der Waals surface area contributed by atoms with E-state index in [1.54, 1.807) is 4.90 Å². The summed E-state index contributed by atoms with van der Waals surface area (Å²) in [6.07, 6.45) is 3.09. The number of benzene rings is 2. The first-order valence-corrected chi connectivity index (χ1v) is 11.9. The summed E-state index contributed by atoms with van der Waals surface area (Å²) in [4.78, 5) is 19.6. The summed E-state index contributed by atoms with van der Waals surface area (Å²) in [5, 5.41) is 7.40. The van der Waals surface area contributed by atoms with E-state index in [2.05, 4.69) is 17.4 Å². The number of rotatable bonds is 9. The number of carbonyl (C=O) groups excluding carboxylic acids is 1. The number of urea groups is 1. The molecule has 0 saturated heterocycles.